The Bertz CT molecular complexity index is 1910. The van der Waals surface area contributed by atoms with Crippen molar-refractivity contribution < 1.29 is 80.2 Å². The molecule has 0 radical (unpaired) electrons. The Labute approximate surface area is 607 Å². The highest BCUT2D eigenvalue weighted by atomic mass is 31.2. The second kappa shape index (κ2) is 71.7. The summed E-state index contributed by atoms with van der Waals surface area (Å²) in [6.07, 6.45) is 61.2. The molecule has 0 saturated carbocycles. The topological polar surface area (TPSA) is 237 Å². The number of phosphoric acid groups is 2. The molecule has 99 heavy (non-hydrogen) atoms. The number of unbranched alkanes of at least 4 members (excludes halogenated alkanes) is 48. The molecule has 0 spiro atoms. The van der Waals surface area contributed by atoms with E-state index in [0.29, 0.717) is 31.6 Å². The van der Waals surface area contributed by atoms with Crippen LogP contribution in [0.3, 0.4) is 0 Å². The molecule has 588 valence electrons. The molecule has 17 nitrogen and oxygen atoms in total. The molecule has 0 aliphatic heterocycles. The van der Waals surface area contributed by atoms with Gasteiger partial charge in [-0.1, -0.05) is 369 Å². The van der Waals surface area contributed by atoms with Crippen molar-refractivity contribution in [1.82, 2.24) is 0 Å². The quantitative estimate of drug-likeness (QED) is 0.0222. The summed E-state index contributed by atoms with van der Waals surface area (Å²) in [5.74, 6) is -0.630. The Morgan fingerprint density at radius 3 is 0.768 bits per heavy atom. The number of esters is 4. The highest BCUT2D eigenvalue weighted by molar-refractivity contribution is 7.47. The van der Waals surface area contributed by atoms with Crippen LogP contribution in [0.4, 0.5) is 0 Å². The Morgan fingerprint density at radius 1 is 0.293 bits per heavy atom. The summed E-state index contributed by atoms with van der Waals surface area (Å²) in [5, 5.41) is 10.6. The number of aliphatic hydroxyl groups excluding tert-OH is 1. The molecule has 0 bridgehead atoms. The summed E-state index contributed by atoms with van der Waals surface area (Å²) < 4.78 is 68.7. The lowest BCUT2D eigenvalue weighted by Crippen LogP contribution is -2.30. The molecule has 3 unspecified atom stereocenters. The van der Waals surface area contributed by atoms with Crippen molar-refractivity contribution in [3.05, 3.63) is 0 Å². The summed E-state index contributed by atoms with van der Waals surface area (Å²) in [6, 6.07) is 0. The van der Waals surface area contributed by atoms with Crippen LogP contribution in [0, 0.1) is 11.8 Å². The van der Waals surface area contributed by atoms with E-state index in [1.165, 1.54) is 231 Å². The first-order chi connectivity index (χ1) is 47.9. The van der Waals surface area contributed by atoms with E-state index in [9.17, 15) is 43.2 Å². The van der Waals surface area contributed by atoms with Crippen molar-refractivity contribution in [2.75, 3.05) is 39.6 Å². The van der Waals surface area contributed by atoms with E-state index in [-0.39, 0.29) is 25.7 Å². The van der Waals surface area contributed by atoms with Gasteiger partial charge in [-0.3, -0.25) is 37.3 Å². The second-order valence-corrected chi connectivity index (χ2v) is 32.4. The fourth-order valence-corrected chi connectivity index (χ4v) is 13.9. The average Bonchev–Trinajstić information content (AvgIpc) is 1.02. The molecule has 0 heterocycles. The van der Waals surface area contributed by atoms with Crippen LogP contribution < -0.4 is 0 Å². The lowest BCUT2D eigenvalue weighted by molar-refractivity contribution is -0.161. The number of rotatable bonds is 79. The van der Waals surface area contributed by atoms with Gasteiger partial charge in [0.15, 0.2) is 12.2 Å². The predicted octanol–water partition coefficient (Wildman–Crippen LogP) is 23.9. The van der Waals surface area contributed by atoms with Gasteiger partial charge in [0, 0.05) is 25.7 Å². The molecule has 0 fully saturated rings. The standard InChI is InChI=1S/C80H156O17P2/c1-7-10-12-14-16-18-20-22-24-26-27-29-31-33-35-40-44-52-58-64-79(84)96-75(68-90-77(82)62-56-50-43-39-34-32-30-28-25-23-21-19-17-15-13-11-8-2)70-94-98(86,87)92-66-74(81)67-93-99(88,89)95-71-76(69-91-78(83)63-57-51-47-46-48-54-60-72(4)5)97-80(85)65-59-53-45-41-37-36-38-42-49-55-61-73(6)9-3/h72-76,81H,7-71H2,1-6H3,(H,86,87)(H,88,89)/t73?,74-,75-,76-/m1/s1. The van der Waals surface area contributed by atoms with Crippen LogP contribution in [0.25, 0.3) is 0 Å². The maximum atomic E-state index is 13.1. The van der Waals surface area contributed by atoms with E-state index in [4.69, 9.17) is 37.0 Å². The first kappa shape index (κ1) is 97.1. The van der Waals surface area contributed by atoms with Crippen molar-refractivity contribution in [2.45, 2.75) is 439 Å². The third kappa shape index (κ3) is 72.8. The zero-order valence-corrected chi connectivity index (χ0v) is 66.6. The normalized spacial score (nSPS) is 14.2. The lowest BCUT2D eigenvalue weighted by Gasteiger charge is -2.21. The zero-order valence-electron chi connectivity index (χ0n) is 64.8. The van der Waals surface area contributed by atoms with E-state index in [1.54, 1.807) is 0 Å². The fourth-order valence-electron chi connectivity index (χ4n) is 12.3. The molecule has 19 heteroatoms. The molecule has 6 atom stereocenters. The van der Waals surface area contributed by atoms with Gasteiger partial charge in [0.2, 0.25) is 0 Å². The molecular formula is C80H156O17P2. The van der Waals surface area contributed by atoms with Crippen LogP contribution >= 0.6 is 15.6 Å². The molecule has 0 saturated heterocycles. The molecule has 0 aromatic rings. The largest absolute Gasteiger partial charge is 0.472 e. The van der Waals surface area contributed by atoms with Crippen molar-refractivity contribution in [3.63, 3.8) is 0 Å². The number of carbonyl (C=O) groups is 4. The molecule has 0 aromatic heterocycles. The van der Waals surface area contributed by atoms with Crippen LogP contribution in [0.2, 0.25) is 0 Å². The third-order valence-electron chi connectivity index (χ3n) is 19.1. The zero-order chi connectivity index (χ0) is 72.8. The van der Waals surface area contributed by atoms with Crippen LogP contribution in [-0.4, -0.2) is 96.7 Å². The highest BCUT2D eigenvalue weighted by Gasteiger charge is 2.30. The fraction of sp³-hybridized carbons (Fsp3) is 0.950. The van der Waals surface area contributed by atoms with Crippen molar-refractivity contribution in [2.24, 2.45) is 11.8 Å². The first-order valence-corrected chi connectivity index (χ1v) is 44.5. The van der Waals surface area contributed by atoms with Crippen LogP contribution in [0.5, 0.6) is 0 Å². The van der Waals surface area contributed by atoms with Gasteiger partial charge >= 0.3 is 39.5 Å². The van der Waals surface area contributed by atoms with Gasteiger partial charge in [-0.05, 0) is 37.5 Å². The Kier molecular flexibility index (Phi) is 70.3. The predicted molar refractivity (Wildman–Crippen MR) is 405 cm³/mol. The van der Waals surface area contributed by atoms with Gasteiger partial charge in [-0.25, -0.2) is 9.13 Å². The minimum atomic E-state index is -4.96. The summed E-state index contributed by atoms with van der Waals surface area (Å²) in [7, 11) is -9.92. The first-order valence-electron chi connectivity index (χ1n) is 41.5. The molecule has 0 aromatic carbocycles. The van der Waals surface area contributed by atoms with Gasteiger partial charge in [0.1, 0.15) is 19.3 Å². The number of hydrogen-bond donors (Lipinski definition) is 3. The lowest BCUT2D eigenvalue weighted by atomic mass is 9.99. The summed E-state index contributed by atoms with van der Waals surface area (Å²) in [4.78, 5) is 72.9. The maximum absolute atomic E-state index is 13.1. The van der Waals surface area contributed by atoms with Crippen LogP contribution in [-0.2, 0) is 65.4 Å². The number of carbonyl (C=O) groups excluding carboxylic acids is 4. The molecule has 3 N–H and O–H groups in total. The third-order valence-corrected chi connectivity index (χ3v) is 21.0. The van der Waals surface area contributed by atoms with Gasteiger partial charge < -0.3 is 33.8 Å². The van der Waals surface area contributed by atoms with E-state index >= 15 is 0 Å². The smallest absolute Gasteiger partial charge is 0.462 e. The summed E-state index contributed by atoms with van der Waals surface area (Å²) in [5.41, 5.74) is 0. The SMILES string of the molecule is CCCCCCCCCCCCCCCCCCCCCC(=O)O[C@H](COC(=O)CCCCCCCCCCCCCCCCCCC)COP(=O)(O)OC[C@@H](O)COP(=O)(O)OC[C@@H](COC(=O)CCCCCCCCC(C)C)OC(=O)CCCCCCCCCCCCC(C)CC. The number of aliphatic hydroxyl groups is 1. The number of phosphoric ester groups is 2. The van der Waals surface area contributed by atoms with Crippen LogP contribution in [0.15, 0.2) is 0 Å². The van der Waals surface area contributed by atoms with Crippen molar-refractivity contribution in [3.8, 4) is 0 Å². The minimum Gasteiger partial charge on any atom is -0.462 e. The van der Waals surface area contributed by atoms with Gasteiger partial charge in [-0.15, -0.1) is 0 Å². The van der Waals surface area contributed by atoms with E-state index in [0.717, 1.165) is 102 Å². The van der Waals surface area contributed by atoms with Gasteiger partial charge in [0.25, 0.3) is 0 Å². The van der Waals surface area contributed by atoms with E-state index < -0.39 is 97.5 Å². The number of hydrogen-bond acceptors (Lipinski definition) is 15. The summed E-state index contributed by atoms with van der Waals surface area (Å²) in [6.45, 7) is 9.57. The van der Waals surface area contributed by atoms with Gasteiger partial charge in [-0.2, -0.15) is 0 Å². The molecule has 0 aliphatic rings. The molecule has 0 amide bonds. The van der Waals surface area contributed by atoms with Crippen molar-refractivity contribution >= 4 is 39.5 Å². The molecular weight excluding hydrogens is 1290 g/mol. The van der Waals surface area contributed by atoms with Gasteiger partial charge in [0.05, 0.1) is 26.4 Å². The van der Waals surface area contributed by atoms with E-state index in [2.05, 4.69) is 41.5 Å². The summed E-state index contributed by atoms with van der Waals surface area (Å²) >= 11 is 0. The number of ether oxygens (including phenoxy) is 4. The van der Waals surface area contributed by atoms with Crippen molar-refractivity contribution in [1.29, 1.82) is 0 Å². The second-order valence-electron chi connectivity index (χ2n) is 29.5. The van der Waals surface area contributed by atoms with Crippen LogP contribution in [0.1, 0.15) is 420 Å². The highest BCUT2D eigenvalue weighted by Crippen LogP contribution is 2.45. The molecule has 0 aliphatic carbocycles. The monoisotopic (exact) mass is 1450 g/mol. The Balaban J connectivity index is 5.23. The molecule has 0 rings (SSSR count). The Hall–Kier alpha value is -1.94. The average molecular weight is 1450 g/mol. The maximum Gasteiger partial charge on any atom is 0.472 e. The Morgan fingerprint density at radius 2 is 0.515 bits per heavy atom. The minimum absolute atomic E-state index is 0.105. The van der Waals surface area contributed by atoms with E-state index in [1.807, 2.05) is 0 Å².